The van der Waals surface area contributed by atoms with E-state index in [9.17, 15) is 9.59 Å². The second-order valence-corrected chi connectivity index (χ2v) is 7.25. The Labute approximate surface area is 144 Å². The molecule has 120 valence electrons. The van der Waals surface area contributed by atoms with Crippen molar-refractivity contribution < 1.29 is 9.59 Å². The Morgan fingerprint density at radius 2 is 1.86 bits per heavy atom. The smallest absolute Gasteiger partial charge is 0.234 e. The molecule has 2 amide bonds. The van der Waals surface area contributed by atoms with E-state index in [0.29, 0.717) is 11.5 Å². The number of likely N-dealkylation sites (tertiary alicyclic amines) is 1. The Morgan fingerprint density at radius 3 is 2.55 bits per heavy atom. The summed E-state index contributed by atoms with van der Waals surface area (Å²) >= 11 is 4.75. The first-order valence-electron chi connectivity index (χ1n) is 7.56. The summed E-state index contributed by atoms with van der Waals surface area (Å²) in [7, 11) is 0. The van der Waals surface area contributed by atoms with Crippen molar-refractivity contribution in [3.8, 4) is 0 Å². The molecule has 1 N–H and O–H groups in total. The van der Waals surface area contributed by atoms with E-state index in [1.807, 2.05) is 29.2 Å². The minimum atomic E-state index is -0.0771. The van der Waals surface area contributed by atoms with Crippen LogP contribution in [0.4, 0.5) is 5.69 Å². The molecule has 0 atom stereocenters. The molecule has 0 saturated carbocycles. The van der Waals surface area contributed by atoms with Gasteiger partial charge in [-0.1, -0.05) is 34.8 Å². The molecule has 0 aromatic heterocycles. The highest BCUT2D eigenvalue weighted by Crippen LogP contribution is 2.16. The summed E-state index contributed by atoms with van der Waals surface area (Å²) in [6.07, 6.45) is 4.62. The molecule has 0 bridgehead atoms. The summed E-state index contributed by atoms with van der Waals surface area (Å²) in [6, 6.07) is 7.47. The van der Waals surface area contributed by atoms with Gasteiger partial charge in [-0.05, 0) is 31.0 Å². The van der Waals surface area contributed by atoms with Gasteiger partial charge in [0, 0.05) is 23.2 Å². The van der Waals surface area contributed by atoms with Gasteiger partial charge in [0.05, 0.1) is 11.5 Å². The molecule has 1 fully saturated rings. The molecular weight excluding hydrogens is 364 g/mol. The first-order chi connectivity index (χ1) is 10.6. The monoisotopic (exact) mass is 384 g/mol. The molecule has 2 rings (SSSR count). The van der Waals surface area contributed by atoms with Crippen LogP contribution in [0.3, 0.4) is 0 Å². The second kappa shape index (κ2) is 9.20. The van der Waals surface area contributed by atoms with Crippen LogP contribution in [-0.2, 0) is 9.59 Å². The van der Waals surface area contributed by atoms with Crippen LogP contribution in [0.2, 0.25) is 0 Å². The summed E-state index contributed by atoms with van der Waals surface area (Å²) in [5.74, 6) is 0.756. The Morgan fingerprint density at radius 1 is 1.14 bits per heavy atom. The predicted molar refractivity (Wildman–Crippen MR) is 95.1 cm³/mol. The quantitative estimate of drug-likeness (QED) is 0.844. The van der Waals surface area contributed by atoms with Crippen LogP contribution in [0.15, 0.2) is 28.7 Å². The van der Waals surface area contributed by atoms with E-state index in [-0.39, 0.29) is 11.8 Å². The van der Waals surface area contributed by atoms with E-state index in [1.165, 1.54) is 24.6 Å². The van der Waals surface area contributed by atoms with Gasteiger partial charge in [-0.2, -0.15) is 0 Å². The molecule has 1 aromatic rings. The fourth-order valence-electron chi connectivity index (χ4n) is 2.41. The van der Waals surface area contributed by atoms with Crippen molar-refractivity contribution in [1.29, 1.82) is 0 Å². The normalized spacial score (nSPS) is 15.2. The zero-order valence-corrected chi connectivity index (χ0v) is 14.9. The zero-order valence-electron chi connectivity index (χ0n) is 12.5. The fourth-order valence-corrected chi connectivity index (χ4v) is 3.52. The molecule has 22 heavy (non-hydrogen) atoms. The van der Waals surface area contributed by atoms with Crippen LogP contribution in [0, 0.1) is 0 Å². The molecule has 6 heteroatoms. The molecule has 0 unspecified atom stereocenters. The lowest BCUT2D eigenvalue weighted by molar-refractivity contribution is -0.128. The minimum Gasteiger partial charge on any atom is -0.342 e. The lowest BCUT2D eigenvalue weighted by atomic mass is 10.2. The zero-order chi connectivity index (χ0) is 15.8. The molecule has 1 aliphatic heterocycles. The van der Waals surface area contributed by atoms with Crippen LogP contribution >= 0.6 is 27.7 Å². The Balaban J connectivity index is 1.69. The van der Waals surface area contributed by atoms with E-state index in [4.69, 9.17) is 0 Å². The third-order valence-corrected chi connectivity index (χ3v) is 4.94. The summed E-state index contributed by atoms with van der Waals surface area (Å²) in [4.78, 5) is 25.9. The number of amides is 2. The van der Waals surface area contributed by atoms with Gasteiger partial charge in [0.15, 0.2) is 0 Å². The van der Waals surface area contributed by atoms with Crippen molar-refractivity contribution in [3.05, 3.63) is 28.7 Å². The Bertz CT molecular complexity index is 517. The molecule has 1 aliphatic rings. The van der Waals surface area contributed by atoms with Gasteiger partial charge in [0.25, 0.3) is 0 Å². The lowest BCUT2D eigenvalue weighted by Gasteiger charge is -2.19. The summed E-state index contributed by atoms with van der Waals surface area (Å²) in [5, 5.41) is 2.83. The summed E-state index contributed by atoms with van der Waals surface area (Å²) in [6.45, 7) is 1.73. The largest absolute Gasteiger partial charge is 0.342 e. The van der Waals surface area contributed by atoms with Crippen LogP contribution in [0.5, 0.6) is 0 Å². The number of thioether (sulfide) groups is 1. The van der Waals surface area contributed by atoms with Gasteiger partial charge in [-0.15, -0.1) is 11.8 Å². The van der Waals surface area contributed by atoms with E-state index < -0.39 is 0 Å². The van der Waals surface area contributed by atoms with Gasteiger partial charge in [0.2, 0.25) is 11.8 Å². The fraction of sp³-hybridized carbons (Fsp3) is 0.500. The lowest BCUT2D eigenvalue weighted by Crippen LogP contribution is -2.33. The number of halogens is 1. The van der Waals surface area contributed by atoms with Crippen LogP contribution < -0.4 is 5.32 Å². The number of benzene rings is 1. The van der Waals surface area contributed by atoms with Gasteiger partial charge < -0.3 is 10.2 Å². The number of nitrogens with zero attached hydrogens (tertiary/aromatic N) is 1. The third kappa shape index (κ3) is 6.01. The minimum absolute atomic E-state index is 0.0771. The van der Waals surface area contributed by atoms with Crippen LogP contribution in [0.25, 0.3) is 0 Å². The molecule has 1 aromatic carbocycles. The molecule has 0 radical (unpaired) electrons. The maximum absolute atomic E-state index is 12.1. The number of rotatable bonds is 5. The maximum atomic E-state index is 12.1. The first-order valence-corrected chi connectivity index (χ1v) is 9.51. The number of nitrogens with one attached hydrogen (secondary N) is 1. The maximum Gasteiger partial charge on any atom is 0.234 e. The van der Waals surface area contributed by atoms with Crippen molar-refractivity contribution in [2.24, 2.45) is 0 Å². The number of carbonyl (C=O) groups is 2. The number of carbonyl (C=O) groups excluding carboxylic acids is 2. The molecule has 0 aliphatic carbocycles. The van der Waals surface area contributed by atoms with E-state index in [1.54, 1.807) is 0 Å². The van der Waals surface area contributed by atoms with Gasteiger partial charge >= 0.3 is 0 Å². The van der Waals surface area contributed by atoms with Crippen molar-refractivity contribution in [3.63, 3.8) is 0 Å². The third-order valence-electron chi connectivity index (χ3n) is 3.53. The topological polar surface area (TPSA) is 49.4 Å². The Kier molecular flexibility index (Phi) is 7.25. The van der Waals surface area contributed by atoms with Crippen molar-refractivity contribution in [1.82, 2.24) is 4.90 Å². The van der Waals surface area contributed by atoms with Crippen LogP contribution in [0.1, 0.15) is 25.7 Å². The Hall–Kier alpha value is -1.01. The van der Waals surface area contributed by atoms with Crippen LogP contribution in [-0.4, -0.2) is 41.3 Å². The van der Waals surface area contributed by atoms with Crippen molar-refractivity contribution >= 4 is 45.2 Å². The molecule has 1 saturated heterocycles. The molecule has 0 spiro atoms. The number of hydrogen-bond donors (Lipinski definition) is 1. The number of hydrogen-bond acceptors (Lipinski definition) is 3. The predicted octanol–water partition coefficient (Wildman–Crippen LogP) is 3.52. The average Bonchev–Trinajstić information content (AvgIpc) is 2.76. The standard InChI is InChI=1S/C16H21BrN2O2S/c17-13-6-5-7-14(10-13)18-15(20)11-22-12-16(21)19-8-3-1-2-4-9-19/h5-7,10H,1-4,8-9,11-12H2,(H,18,20). The average molecular weight is 385 g/mol. The van der Waals surface area contributed by atoms with E-state index in [0.717, 1.165) is 36.1 Å². The summed E-state index contributed by atoms with van der Waals surface area (Å²) in [5.41, 5.74) is 0.763. The van der Waals surface area contributed by atoms with Gasteiger partial charge in [0.1, 0.15) is 0 Å². The molecular formula is C16H21BrN2O2S. The molecule has 1 heterocycles. The summed E-state index contributed by atoms with van der Waals surface area (Å²) < 4.78 is 0.925. The second-order valence-electron chi connectivity index (χ2n) is 5.35. The highest BCUT2D eigenvalue weighted by molar-refractivity contribution is 9.10. The highest BCUT2D eigenvalue weighted by Gasteiger charge is 2.15. The van der Waals surface area contributed by atoms with Gasteiger partial charge in [-0.3, -0.25) is 9.59 Å². The highest BCUT2D eigenvalue weighted by atomic mass is 79.9. The number of anilines is 1. The first kappa shape index (κ1) is 17.3. The SMILES string of the molecule is O=C(CSCC(=O)N1CCCCCC1)Nc1cccc(Br)c1. The van der Waals surface area contributed by atoms with E-state index in [2.05, 4.69) is 21.2 Å². The van der Waals surface area contributed by atoms with E-state index >= 15 is 0 Å². The van der Waals surface area contributed by atoms with Gasteiger partial charge in [-0.25, -0.2) is 0 Å². The van der Waals surface area contributed by atoms with Crippen molar-refractivity contribution in [2.75, 3.05) is 29.9 Å². The molecule has 4 nitrogen and oxygen atoms in total. The van der Waals surface area contributed by atoms with Crippen molar-refractivity contribution in [2.45, 2.75) is 25.7 Å².